The zero-order valence-electron chi connectivity index (χ0n) is 9.29. The maximum Gasteiger partial charge on any atom is 0.370 e. The molecule has 1 rings (SSSR count). The Bertz CT molecular complexity index is 404. The summed E-state index contributed by atoms with van der Waals surface area (Å²) in [6, 6.07) is 8.58. The zero-order valence-corrected chi connectivity index (χ0v) is 10.3. The Balaban J connectivity index is 2.39. The lowest BCUT2D eigenvalue weighted by atomic mass is 10.3. The molecule has 1 aromatic rings. The molecule has 0 heterocycles. The molecule has 2 atom stereocenters. The minimum Gasteiger partial charge on any atom is -0.432 e. The van der Waals surface area contributed by atoms with Crippen molar-refractivity contribution < 1.29 is 23.1 Å². The molecule has 0 spiro atoms. The fourth-order valence-corrected chi connectivity index (χ4v) is 1.68. The van der Waals surface area contributed by atoms with Gasteiger partial charge in [0.05, 0.1) is 0 Å². The highest BCUT2D eigenvalue weighted by Gasteiger charge is 2.11. The molecule has 0 saturated carbocycles. The van der Waals surface area contributed by atoms with Crippen LogP contribution in [0.5, 0.6) is 5.75 Å². The van der Waals surface area contributed by atoms with E-state index in [1.807, 2.05) is 0 Å². The SMILES string of the molecule is C=CC(=O)OC(C)O[PH](=O)Oc1ccccc1. The van der Waals surface area contributed by atoms with E-state index in [-0.39, 0.29) is 0 Å². The number of carbonyl (C=O) groups is 1. The van der Waals surface area contributed by atoms with Crippen molar-refractivity contribution in [2.75, 3.05) is 0 Å². The van der Waals surface area contributed by atoms with Crippen LogP contribution in [-0.4, -0.2) is 12.3 Å². The van der Waals surface area contributed by atoms with Crippen molar-refractivity contribution in [2.24, 2.45) is 0 Å². The second kappa shape index (κ2) is 6.89. The molecule has 5 nitrogen and oxygen atoms in total. The second-order valence-corrected chi connectivity index (χ2v) is 3.93. The van der Waals surface area contributed by atoms with Crippen molar-refractivity contribution in [3.63, 3.8) is 0 Å². The molecular weight excluding hydrogens is 243 g/mol. The lowest BCUT2D eigenvalue weighted by Crippen LogP contribution is -2.14. The first-order valence-electron chi connectivity index (χ1n) is 4.88. The third-order valence-corrected chi connectivity index (χ3v) is 2.58. The highest BCUT2D eigenvalue weighted by atomic mass is 31.1. The van der Waals surface area contributed by atoms with Gasteiger partial charge in [-0.3, -0.25) is 4.52 Å². The van der Waals surface area contributed by atoms with Gasteiger partial charge >= 0.3 is 14.2 Å². The molecule has 1 aromatic carbocycles. The van der Waals surface area contributed by atoms with Gasteiger partial charge in [0.25, 0.3) is 0 Å². The van der Waals surface area contributed by atoms with E-state index < -0.39 is 20.5 Å². The van der Waals surface area contributed by atoms with E-state index in [1.54, 1.807) is 30.3 Å². The highest BCUT2D eigenvalue weighted by molar-refractivity contribution is 7.33. The van der Waals surface area contributed by atoms with Crippen molar-refractivity contribution in [2.45, 2.75) is 13.2 Å². The van der Waals surface area contributed by atoms with E-state index in [0.717, 1.165) is 6.08 Å². The number of hydrogen-bond acceptors (Lipinski definition) is 5. The minimum absolute atomic E-state index is 0.429. The van der Waals surface area contributed by atoms with Crippen LogP contribution >= 0.6 is 8.25 Å². The van der Waals surface area contributed by atoms with Crippen molar-refractivity contribution >= 4 is 14.2 Å². The van der Waals surface area contributed by atoms with Gasteiger partial charge in [-0.1, -0.05) is 24.8 Å². The molecular formula is C11H13O5P. The van der Waals surface area contributed by atoms with Crippen LogP contribution in [0.25, 0.3) is 0 Å². The number of ether oxygens (including phenoxy) is 1. The van der Waals surface area contributed by atoms with Crippen LogP contribution in [0.1, 0.15) is 6.92 Å². The summed E-state index contributed by atoms with van der Waals surface area (Å²) in [4.78, 5) is 10.8. The maximum absolute atomic E-state index is 11.4. The van der Waals surface area contributed by atoms with Crippen molar-refractivity contribution in [1.82, 2.24) is 0 Å². The van der Waals surface area contributed by atoms with Crippen molar-refractivity contribution in [3.05, 3.63) is 43.0 Å². The largest absolute Gasteiger partial charge is 0.432 e. The van der Waals surface area contributed by atoms with Gasteiger partial charge in [-0.25, -0.2) is 9.36 Å². The van der Waals surface area contributed by atoms with Gasteiger partial charge in [0.2, 0.25) is 6.29 Å². The van der Waals surface area contributed by atoms with Crippen molar-refractivity contribution in [1.29, 1.82) is 0 Å². The molecule has 0 bridgehead atoms. The van der Waals surface area contributed by atoms with E-state index in [1.165, 1.54) is 6.92 Å². The zero-order chi connectivity index (χ0) is 12.7. The summed E-state index contributed by atoms with van der Waals surface area (Å²) in [5, 5.41) is 0. The van der Waals surface area contributed by atoms with Gasteiger partial charge in [0, 0.05) is 6.08 Å². The van der Waals surface area contributed by atoms with Crippen molar-refractivity contribution in [3.8, 4) is 5.75 Å². The van der Waals surface area contributed by atoms with Gasteiger partial charge < -0.3 is 9.26 Å². The molecule has 0 saturated heterocycles. The molecule has 6 heteroatoms. The molecule has 0 aliphatic rings. The first kappa shape index (κ1) is 13.5. The molecule has 0 aliphatic carbocycles. The summed E-state index contributed by atoms with van der Waals surface area (Å²) in [6.45, 7) is 4.67. The van der Waals surface area contributed by atoms with E-state index in [4.69, 9.17) is 9.05 Å². The van der Waals surface area contributed by atoms with Crippen LogP contribution in [0.2, 0.25) is 0 Å². The first-order valence-corrected chi connectivity index (χ1v) is 6.11. The summed E-state index contributed by atoms with van der Waals surface area (Å²) >= 11 is 0. The Kier molecular flexibility index (Phi) is 5.46. The smallest absolute Gasteiger partial charge is 0.370 e. The number of rotatable bonds is 6. The van der Waals surface area contributed by atoms with E-state index >= 15 is 0 Å². The van der Waals surface area contributed by atoms with Gasteiger partial charge in [0.15, 0.2) is 0 Å². The summed E-state index contributed by atoms with van der Waals surface area (Å²) in [5.41, 5.74) is 0. The van der Waals surface area contributed by atoms with Crippen LogP contribution in [0.4, 0.5) is 0 Å². The predicted molar refractivity (Wildman–Crippen MR) is 62.9 cm³/mol. The third-order valence-electron chi connectivity index (χ3n) is 1.66. The average Bonchev–Trinajstić information content (AvgIpc) is 2.29. The maximum atomic E-state index is 11.4. The Hall–Kier alpha value is -1.58. The topological polar surface area (TPSA) is 61.8 Å². The van der Waals surface area contributed by atoms with Crippen LogP contribution < -0.4 is 4.52 Å². The number of benzene rings is 1. The molecule has 0 aromatic heterocycles. The Morgan fingerprint density at radius 1 is 1.41 bits per heavy atom. The Morgan fingerprint density at radius 2 is 2.06 bits per heavy atom. The molecule has 0 N–H and O–H groups in total. The van der Waals surface area contributed by atoms with E-state index in [0.29, 0.717) is 5.75 Å². The van der Waals surface area contributed by atoms with Crippen LogP contribution in [0.3, 0.4) is 0 Å². The Labute approximate surface area is 99.9 Å². The summed E-state index contributed by atoms with van der Waals surface area (Å²) in [5.74, 6) is -0.217. The monoisotopic (exact) mass is 256 g/mol. The average molecular weight is 256 g/mol. The summed E-state index contributed by atoms with van der Waals surface area (Å²) in [6.07, 6.45) is 0.0467. The van der Waals surface area contributed by atoms with Gasteiger partial charge in [-0.2, -0.15) is 0 Å². The highest BCUT2D eigenvalue weighted by Crippen LogP contribution is 2.29. The first-order chi connectivity index (χ1) is 8.11. The number of esters is 1. The van der Waals surface area contributed by atoms with Crippen LogP contribution in [0, 0.1) is 0 Å². The van der Waals surface area contributed by atoms with Gasteiger partial charge in [-0.05, 0) is 19.1 Å². The molecule has 17 heavy (non-hydrogen) atoms. The summed E-state index contributed by atoms with van der Waals surface area (Å²) < 4.78 is 26.0. The Morgan fingerprint density at radius 3 is 2.65 bits per heavy atom. The van der Waals surface area contributed by atoms with E-state index in [2.05, 4.69) is 11.3 Å². The fraction of sp³-hybridized carbons (Fsp3) is 0.182. The molecule has 2 unspecified atom stereocenters. The van der Waals surface area contributed by atoms with Crippen LogP contribution in [0.15, 0.2) is 43.0 Å². The molecule has 0 fully saturated rings. The van der Waals surface area contributed by atoms with Crippen LogP contribution in [-0.2, 0) is 18.6 Å². The third kappa shape index (κ3) is 5.33. The number of hydrogen-bond donors (Lipinski definition) is 0. The quantitative estimate of drug-likeness (QED) is 0.339. The number of para-hydroxylation sites is 1. The lowest BCUT2D eigenvalue weighted by Gasteiger charge is -2.12. The van der Waals surface area contributed by atoms with Gasteiger partial charge in [0.1, 0.15) is 5.75 Å². The standard InChI is InChI=1S/C11H13O5P/c1-3-11(12)14-9(2)15-17(13)16-10-7-5-4-6-8-10/h3-9,17H,1H2,2H3. The molecule has 0 amide bonds. The predicted octanol–water partition coefficient (Wildman–Crippen LogP) is 2.55. The summed E-state index contributed by atoms with van der Waals surface area (Å²) in [7, 11) is -2.76. The normalized spacial score (nSPS) is 13.5. The fourth-order valence-electron chi connectivity index (χ4n) is 0.980. The van der Waals surface area contributed by atoms with E-state index in [9.17, 15) is 9.36 Å². The van der Waals surface area contributed by atoms with Gasteiger partial charge in [-0.15, -0.1) is 0 Å². The molecule has 0 radical (unpaired) electrons. The minimum atomic E-state index is -2.76. The second-order valence-electron chi connectivity index (χ2n) is 2.99. The molecule has 92 valence electrons. The lowest BCUT2D eigenvalue weighted by molar-refractivity contribution is -0.154. The molecule has 0 aliphatic heterocycles. The number of carbonyl (C=O) groups excluding carboxylic acids is 1.